The summed E-state index contributed by atoms with van der Waals surface area (Å²) in [6, 6.07) is 2.03. The first-order valence-electron chi connectivity index (χ1n) is 7.73. The van der Waals surface area contributed by atoms with Crippen LogP contribution in [0.5, 0.6) is 0 Å². The van der Waals surface area contributed by atoms with Crippen LogP contribution >= 0.6 is 11.6 Å². The molecule has 2 heterocycles. The van der Waals surface area contributed by atoms with E-state index in [9.17, 15) is 4.79 Å². The molecule has 4 nitrogen and oxygen atoms in total. The maximum Gasteiger partial charge on any atom is 0.255 e. The molecule has 1 amide bonds. The summed E-state index contributed by atoms with van der Waals surface area (Å²) in [5.74, 6) is 1.41. The number of amides is 1. The summed E-state index contributed by atoms with van der Waals surface area (Å²) < 4.78 is 0. The number of likely N-dealkylation sites (tertiary alicyclic amines) is 1. The van der Waals surface area contributed by atoms with E-state index in [4.69, 9.17) is 11.6 Å². The van der Waals surface area contributed by atoms with Gasteiger partial charge in [-0.05, 0) is 38.2 Å². The lowest BCUT2D eigenvalue weighted by Gasteiger charge is -2.36. The second-order valence-corrected chi connectivity index (χ2v) is 6.36. The minimum Gasteiger partial charge on any atom is -0.370 e. The summed E-state index contributed by atoms with van der Waals surface area (Å²) >= 11 is 6.18. The third kappa shape index (κ3) is 3.88. The lowest BCUT2D eigenvalue weighted by atomic mass is 9.93. The lowest BCUT2D eigenvalue weighted by molar-refractivity contribution is 0.0589. The number of rotatable bonds is 4. The van der Waals surface area contributed by atoms with E-state index in [1.54, 1.807) is 12.3 Å². The maximum atomic E-state index is 12.7. The molecule has 1 fully saturated rings. The van der Waals surface area contributed by atoms with Crippen LogP contribution < -0.4 is 5.32 Å². The minimum atomic E-state index is 0.0151. The van der Waals surface area contributed by atoms with Gasteiger partial charge in [-0.15, -0.1) is 0 Å². The van der Waals surface area contributed by atoms with Crippen molar-refractivity contribution < 1.29 is 4.79 Å². The molecule has 0 spiro atoms. The number of pyridine rings is 1. The molecule has 1 aliphatic heterocycles. The van der Waals surface area contributed by atoms with Gasteiger partial charge in [-0.1, -0.05) is 25.4 Å². The van der Waals surface area contributed by atoms with Gasteiger partial charge in [0.15, 0.2) is 0 Å². The van der Waals surface area contributed by atoms with Gasteiger partial charge in [0, 0.05) is 25.3 Å². The lowest BCUT2D eigenvalue weighted by Crippen LogP contribution is -2.44. The van der Waals surface area contributed by atoms with Crippen molar-refractivity contribution in [3.05, 3.63) is 22.8 Å². The van der Waals surface area contributed by atoms with Crippen LogP contribution in [0.15, 0.2) is 12.3 Å². The van der Waals surface area contributed by atoms with Crippen molar-refractivity contribution in [1.29, 1.82) is 0 Å². The average molecular weight is 310 g/mol. The van der Waals surface area contributed by atoms with E-state index in [1.807, 2.05) is 4.90 Å². The van der Waals surface area contributed by atoms with Crippen LogP contribution in [0.25, 0.3) is 0 Å². The molecular formula is C16H24ClN3O. The van der Waals surface area contributed by atoms with Crippen molar-refractivity contribution in [2.75, 3.05) is 18.4 Å². The molecule has 5 heteroatoms. The van der Waals surface area contributed by atoms with Gasteiger partial charge in [-0.3, -0.25) is 4.79 Å². The summed E-state index contributed by atoms with van der Waals surface area (Å²) in [5.41, 5.74) is 0.548. The normalized spacial score (nSPS) is 22.2. The minimum absolute atomic E-state index is 0.0151. The molecule has 2 rings (SSSR count). The van der Waals surface area contributed by atoms with Crippen molar-refractivity contribution in [2.24, 2.45) is 5.92 Å². The fourth-order valence-corrected chi connectivity index (χ4v) is 3.00. The van der Waals surface area contributed by atoms with Gasteiger partial charge in [-0.2, -0.15) is 0 Å². The largest absolute Gasteiger partial charge is 0.370 e. The van der Waals surface area contributed by atoms with E-state index >= 15 is 0 Å². The molecule has 0 radical (unpaired) electrons. The number of nitrogens with one attached hydrogen (secondary N) is 1. The van der Waals surface area contributed by atoms with Crippen LogP contribution in [0.4, 0.5) is 5.82 Å². The zero-order valence-corrected chi connectivity index (χ0v) is 13.8. The molecule has 2 atom stereocenters. The van der Waals surface area contributed by atoms with Crippen molar-refractivity contribution in [3.8, 4) is 0 Å². The second kappa shape index (κ2) is 7.12. The quantitative estimate of drug-likeness (QED) is 0.919. The molecule has 0 saturated carbocycles. The number of hydrogen-bond acceptors (Lipinski definition) is 3. The summed E-state index contributed by atoms with van der Waals surface area (Å²) in [7, 11) is 0. The Morgan fingerprint density at radius 3 is 2.95 bits per heavy atom. The predicted octanol–water partition coefficient (Wildman–Crippen LogP) is 3.82. The Hall–Kier alpha value is -1.29. The predicted molar refractivity (Wildman–Crippen MR) is 86.9 cm³/mol. The number of aromatic nitrogens is 1. The molecule has 1 saturated heterocycles. The zero-order valence-electron chi connectivity index (χ0n) is 13.0. The molecule has 0 aromatic carbocycles. The molecule has 116 valence electrons. The van der Waals surface area contributed by atoms with Crippen LogP contribution in [0.1, 0.15) is 50.4 Å². The molecule has 2 unspecified atom stereocenters. The Labute approximate surface area is 131 Å². The third-order valence-electron chi connectivity index (χ3n) is 4.04. The summed E-state index contributed by atoms with van der Waals surface area (Å²) in [5, 5.41) is 3.62. The van der Waals surface area contributed by atoms with Crippen molar-refractivity contribution in [1.82, 2.24) is 9.88 Å². The third-order valence-corrected chi connectivity index (χ3v) is 4.34. The second-order valence-electron chi connectivity index (χ2n) is 5.95. The topological polar surface area (TPSA) is 45.2 Å². The number of halogens is 1. The van der Waals surface area contributed by atoms with Crippen molar-refractivity contribution >= 4 is 23.3 Å². The van der Waals surface area contributed by atoms with E-state index in [1.165, 1.54) is 0 Å². The Morgan fingerprint density at radius 2 is 2.29 bits per heavy atom. The standard InChI is InChI=1S/C16H24ClN3O/c1-4-6-18-15-9-13(14(17)10-19-15)16(21)20-7-5-11(2)8-12(20)3/h9-12H,4-8H2,1-3H3,(H,18,19). The Bertz CT molecular complexity index is 506. The molecular weight excluding hydrogens is 286 g/mol. The molecule has 1 aliphatic rings. The van der Waals surface area contributed by atoms with E-state index in [0.717, 1.165) is 32.4 Å². The molecule has 0 bridgehead atoms. The number of nitrogens with zero attached hydrogens (tertiary/aromatic N) is 2. The van der Waals surface area contributed by atoms with Crippen LogP contribution in [-0.4, -0.2) is 34.9 Å². The first-order chi connectivity index (χ1) is 10.0. The van der Waals surface area contributed by atoms with Gasteiger partial charge in [-0.25, -0.2) is 4.98 Å². The fourth-order valence-electron chi connectivity index (χ4n) is 2.82. The van der Waals surface area contributed by atoms with E-state index in [0.29, 0.717) is 22.3 Å². The molecule has 0 aliphatic carbocycles. The highest BCUT2D eigenvalue weighted by atomic mass is 35.5. The first-order valence-corrected chi connectivity index (χ1v) is 8.11. The van der Waals surface area contributed by atoms with Gasteiger partial charge in [0.25, 0.3) is 5.91 Å². The Morgan fingerprint density at radius 1 is 1.52 bits per heavy atom. The molecule has 1 N–H and O–H groups in total. The zero-order chi connectivity index (χ0) is 15.4. The van der Waals surface area contributed by atoms with E-state index in [-0.39, 0.29) is 11.9 Å². The summed E-state index contributed by atoms with van der Waals surface area (Å²) in [4.78, 5) is 18.9. The van der Waals surface area contributed by atoms with E-state index in [2.05, 4.69) is 31.1 Å². The molecule has 1 aromatic rings. The van der Waals surface area contributed by atoms with Gasteiger partial charge < -0.3 is 10.2 Å². The van der Waals surface area contributed by atoms with Gasteiger partial charge in [0.2, 0.25) is 0 Å². The Kier molecular flexibility index (Phi) is 5.45. The number of anilines is 1. The van der Waals surface area contributed by atoms with Gasteiger partial charge in [0.05, 0.1) is 10.6 Å². The number of carbonyl (C=O) groups excluding carboxylic acids is 1. The SMILES string of the molecule is CCCNc1cc(C(=O)N2CCC(C)CC2C)c(Cl)cn1. The first kappa shape index (κ1) is 16.1. The fraction of sp³-hybridized carbons (Fsp3) is 0.625. The smallest absolute Gasteiger partial charge is 0.255 e. The highest BCUT2D eigenvalue weighted by Crippen LogP contribution is 2.26. The van der Waals surface area contributed by atoms with Crippen LogP contribution in [0, 0.1) is 5.92 Å². The van der Waals surface area contributed by atoms with Crippen LogP contribution in [-0.2, 0) is 0 Å². The summed E-state index contributed by atoms with van der Waals surface area (Å²) in [6.07, 6.45) is 4.67. The Balaban J connectivity index is 2.17. The van der Waals surface area contributed by atoms with Crippen LogP contribution in [0.3, 0.4) is 0 Å². The van der Waals surface area contributed by atoms with Gasteiger partial charge >= 0.3 is 0 Å². The summed E-state index contributed by atoms with van der Waals surface area (Å²) in [6.45, 7) is 8.08. The number of piperidine rings is 1. The van der Waals surface area contributed by atoms with E-state index < -0.39 is 0 Å². The maximum absolute atomic E-state index is 12.7. The number of hydrogen-bond donors (Lipinski definition) is 1. The van der Waals surface area contributed by atoms with Crippen molar-refractivity contribution in [3.63, 3.8) is 0 Å². The monoisotopic (exact) mass is 309 g/mol. The molecule has 21 heavy (non-hydrogen) atoms. The van der Waals surface area contributed by atoms with Gasteiger partial charge in [0.1, 0.15) is 5.82 Å². The van der Waals surface area contributed by atoms with Crippen molar-refractivity contribution in [2.45, 2.75) is 46.1 Å². The highest BCUT2D eigenvalue weighted by Gasteiger charge is 2.28. The molecule has 1 aromatic heterocycles. The van der Waals surface area contributed by atoms with Crippen LogP contribution in [0.2, 0.25) is 5.02 Å². The highest BCUT2D eigenvalue weighted by molar-refractivity contribution is 6.33. The number of carbonyl (C=O) groups is 1. The average Bonchev–Trinajstić information content (AvgIpc) is 2.46.